The summed E-state index contributed by atoms with van der Waals surface area (Å²) in [5, 5.41) is 19.5. The van der Waals surface area contributed by atoms with Gasteiger partial charge in [-0.25, -0.2) is 0 Å². The molecule has 0 saturated heterocycles. The predicted molar refractivity (Wildman–Crippen MR) is 60.0 cm³/mol. The van der Waals surface area contributed by atoms with Gasteiger partial charge in [0, 0.05) is 11.3 Å². The Bertz CT molecular complexity index is 296. The molecular weight excluding hydrogens is 220 g/mol. The lowest BCUT2D eigenvalue weighted by Crippen LogP contribution is -2.39. The molecule has 1 aromatic heterocycles. The fraction of sp³-hybridized carbons (Fsp3) is 0.600. The Labute approximate surface area is 93.2 Å². The molecule has 80 valence electrons. The van der Waals surface area contributed by atoms with Gasteiger partial charge in [0.2, 0.25) is 0 Å². The zero-order valence-electron chi connectivity index (χ0n) is 8.33. The molecule has 0 bridgehead atoms. The third-order valence-electron chi connectivity index (χ3n) is 2.46. The van der Waals surface area contributed by atoms with Crippen LogP contribution in [0.4, 0.5) is 0 Å². The number of rotatable bonds is 4. The maximum atomic E-state index is 9.78. The number of aliphatic hydroxyl groups is 2. The normalized spacial score (nSPS) is 17.8. The lowest BCUT2D eigenvalue weighted by molar-refractivity contribution is -0.0626. The van der Waals surface area contributed by atoms with Crippen LogP contribution in [0.3, 0.4) is 0 Å². The van der Waals surface area contributed by atoms with Crippen LogP contribution in [0.25, 0.3) is 0 Å². The highest BCUT2D eigenvalue weighted by atomic mass is 35.5. The van der Waals surface area contributed by atoms with E-state index >= 15 is 0 Å². The van der Waals surface area contributed by atoms with Gasteiger partial charge < -0.3 is 10.2 Å². The van der Waals surface area contributed by atoms with Crippen LogP contribution in [-0.4, -0.2) is 21.9 Å². The number of hydrogen-bond acceptors (Lipinski definition) is 3. The van der Waals surface area contributed by atoms with Gasteiger partial charge in [0.15, 0.2) is 0 Å². The van der Waals surface area contributed by atoms with Gasteiger partial charge in [-0.2, -0.15) is 0 Å². The van der Waals surface area contributed by atoms with E-state index < -0.39 is 11.7 Å². The summed E-state index contributed by atoms with van der Waals surface area (Å²) in [4.78, 5) is 0.997. The summed E-state index contributed by atoms with van der Waals surface area (Å²) in [7, 11) is 0. The van der Waals surface area contributed by atoms with Crippen molar-refractivity contribution in [1.29, 1.82) is 0 Å². The monoisotopic (exact) mass is 234 g/mol. The Morgan fingerprint density at radius 3 is 2.64 bits per heavy atom. The molecule has 1 rings (SSSR count). The van der Waals surface area contributed by atoms with Gasteiger partial charge in [0.1, 0.15) is 0 Å². The Kier molecular flexibility index (Phi) is 3.95. The zero-order valence-corrected chi connectivity index (χ0v) is 9.90. The second kappa shape index (κ2) is 4.62. The molecule has 4 heteroatoms. The average Bonchev–Trinajstić information content (AvgIpc) is 2.51. The lowest BCUT2D eigenvalue weighted by Gasteiger charge is -2.27. The van der Waals surface area contributed by atoms with E-state index in [1.807, 2.05) is 13.0 Å². The van der Waals surface area contributed by atoms with Gasteiger partial charge >= 0.3 is 0 Å². The molecule has 0 aliphatic heterocycles. The van der Waals surface area contributed by atoms with Crippen LogP contribution in [0.1, 0.15) is 25.1 Å². The van der Waals surface area contributed by atoms with Gasteiger partial charge in [-0.15, -0.1) is 11.3 Å². The van der Waals surface area contributed by atoms with Crippen LogP contribution in [0, 0.1) is 0 Å². The van der Waals surface area contributed by atoms with Crippen molar-refractivity contribution in [2.75, 3.05) is 0 Å². The highest BCUT2D eigenvalue weighted by Gasteiger charge is 2.28. The summed E-state index contributed by atoms with van der Waals surface area (Å²) < 4.78 is 0.711. The van der Waals surface area contributed by atoms with Gasteiger partial charge in [0.05, 0.1) is 16.0 Å². The minimum absolute atomic E-state index is 0.457. The highest BCUT2D eigenvalue weighted by Crippen LogP contribution is 2.25. The zero-order chi connectivity index (χ0) is 10.8. The van der Waals surface area contributed by atoms with E-state index in [0.29, 0.717) is 17.2 Å². The van der Waals surface area contributed by atoms with Crippen LogP contribution < -0.4 is 0 Å². The first-order valence-electron chi connectivity index (χ1n) is 4.60. The molecule has 0 aliphatic carbocycles. The molecule has 2 nitrogen and oxygen atoms in total. The first-order valence-corrected chi connectivity index (χ1v) is 5.80. The predicted octanol–water partition coefficient (Wildman–Crippen LogP) is 2.47. The van der Waals surface area contributed by atoms with Gasteiger partial charge in [-0.05, 0) is 25.5 Å². The molecule has 0 aliphatic rings. The van der Waals surface area contributed by atoms with E-state index in [4.69, 9.17) is 11.6 Å². The second-order valence-corrected chi connectivity index (χ2v) is 5.44. The van der Waals surface area contributed by atoms with Gasteiger partial charge in [-0.3, -0.25) is 0 Å². The molecule has 1 heterocycles. The summed E-state index contributed by atoms with van der Waals surface area (Å²) in [5.74, 6) is 0. The van der Waals surface area contributed by atoms with Crippen LogP contribution in [0.15, 0.2) is 12.1 Å². The summed E-state index contributed by atoms with van der Waals surface area (Å²) in [5.41, 5.74) is -1.02. The molecule has 0 radical (unpaired) electrons. The molecule has 0 amide bonds. The smallest absolute Gasteiger partial charge is 0.0931 e. The molecule has 0 saturated carbocycles. The fourth-order valence-electron chi connectivity index (χ4n) is 1.11. The van der Waals surface area contributed by atoms with Crippen molar-refractivity contribution in [3.8, 4) is 0 Å². The standard InChI is InChI=1S/C10H15ClO2S/c1-3-10(2,13)8(12)6-7-4-5-9(11)14-7/h4-5,8,12-13H,3,6H2,1-2H3. The molecule has 14 heavy (non-hydrogen) atoms. The van der Waals surface area contributed by atoms with Crippen LogP contribution in [-0.2, 0) is 6.42 Å². The summed E-state index contributed by atoms with van der Waals surface area (Å²) >= 11 is 7.20. The number of halogens is 1. The number of thiophene rings is 1. The van der Waals surface area contributed by atoms with E-state index in [-0.39, 0.29) is 0 Å². The quantitative estimate of drug-likeness (QED) is 0.840. The molecule has 1 aromatic rings. The minimum Gasteiger partial charge on any atom is -0.390 e. The largest absolute Gasteiger partial charge is 0.390 e. The minimum atomic E-state index is -1.02. The Morgan fingerprint density at radius 2 is 2.21 bits per heavy atom. The van der Waals surface area contributed by atoms with Crippen molar-refractivity contribution in [2.24, 2.45) is 0 Å². The van der Waals surface area contributed by atoms with E-state index in [1.54, 1.807) is 13.0 Å². The van der Waals surface area contributed by atoms with Crippen LogP contribution in [0.2, 0.25) is 4.34 Å². The van der Waals surface area contributed by atoms with Gasteiger partial charge in [-0.1, -0.05) is 18.5 Å². The molecular formula is C10H15ClO2S. The van der Waals surface area contributed by atoms with E-state index in [0.717, 1.165) is 4.88 Å². The Hall–Kier alpha value is -0.0900. The molecule has 0 spiro atoms. The van der Waals surface area contributed by atoms with Crippen molar-refractivity contribution in [2.45, 2.75) is 38.4 Å². The maximum Gasteiger partial charge on any atom is 0.0931 e. The Morgan fingerprint density at radius 1 is 1.57 bits per heavy atom. The van der Waals surface area contributed by atoms with Crippen LogP contribution >= 0.6 is 22.9 Å². The summed E-state index contributed by atoms with van der Waals surface area (Å²) in [6, 6.07) is 3.68. The van der Waals surface area contributed by atoms with Crippen molar-refractivity contribution in [3.63, 3.8) is 0 Å². The van der Waals surface area contributed by atoms with Gasteiger partial charge in [0.25, 0.3) is 0 Å². The first kappa shape index (κ1) is 12.0. The number of hydrogen-bond donors (Lipinski definition) is 2. The first-order chi connectivity index (χ1) is 6.45. The number of aliphatic hydroxyl groups excluding tert-OH is 1. The van der Waals surface area contributed by atoms with Crippen LogP contribution in [0.5, 0.6) is 0 Å². The average molecular weight is 235 g/mol. The lowest BCUT2D eigenvalue weighted by atomic mass is 9.93. The van der Waals surface area contributed by atoms with Crippen molar-refractivity contribution in [1.82, 2.24) is 0 Å². The topological polar surface area (TPSA) is 40.5 Å². The van der Waals surface area contributed by atoms with Crippen molar-refractivity contribution >= 4 is 22.9 Å². The molecule has 2 unspecified atom stereocenters. The summed E-state index contributed by atoms with van der Waals surface area (Å²) in [6.07, 6.45) is 0.258. The molecule has 2 N–H and O–H groups in total. The molecule has 0 fully saturated rings. The van der Waals surface area contributed by atoms with Crippen molar-refractivity contribution in [3.05, 3.63) is 21.3 Å². The summed E-state index contributed by atoms with van der Waals surface area (Å²) in [6.45, 7) is 3.50. The van der Waals surface area contributed by atoms with E-state index in [9.17, 15) is 10.2 Å². The molecule has 0 aromatic carbocycles. The maximum absolute atomic E-state index is 9.78. The Balaban J connectivity index is 2.61. The third kappa shape index (κ3) is 2.95. The van der Waals surface area contributed by atoms with E-state index in [2.05, 4.69) is 0 Å². The third-order valence-corrected chi connectivity index (χ3v) is 3.71. The SMILES string of the molecule is CCC(C)(O)C(O)Cc1ccc(Cl)s1. The second-order valence-electron chi connectivity index (χ2n) is 3.64. The van der Waals surface area contributed by atoms with Crippen molar-refractivity contribution < 1.29 is 10.2 Å². The molecule has 2 atom stereocenters. The highest BCUT2D eigenvalue weighted by molar-refractivity contribution is 7.16. The van der Waals surface area contributed by atoms with E-state index in [1.165, 1.54) is 11.3 Å². The fourth-order valence-corrected chi connectivity index (χ4v) is 2.23.